The number of hydrogen-bond acceptors (Lipinski definition) is 4. The molecular weight excluding hydrogens is 241 g/mol. The topological polar surface area (TPSA) is 85.8 Å². The van der Waals surface area contributed by atoms with Gasteiger partial charge in [0.1, 0.15) is 5.82 Å². The van der Waals surface area contributed by atoms with Gasteiger partial charge in [-0.15, -0.1) is 0 Å². The third-order valence-electron chi connectivity index (χ3n) is 2.53. The molecule has 0 aliphatic heterocycles. The van der Waals surface area contributed by atoms with Gasteiger partial charge >= 0.3 is 5.95 Å². The highest BCUT2D eigenvalue weighted by Gasteiger charge is 2.14. The largest absolute Gasteiger partial charge is 0.592 e. The SMILES string of the molecule is [O-][NH+](O)c1nccn1CC(O)c1ccc(F)cc1. The summed E-state index contributed by atoms with van der Waals surface area (Å²) in [6.45, 7) is 0.0489. The van der Waals surface area contributed by atoms with Crippen LogP contribution in [-0.4, -0.2) is 19.9 Å². The number of nitrogens with one attached hydrogen (secondary N) is 1. The fourth-order valence-corrected chi connectivity index (χ4v) is 1.63. The van der Waals surface area contributed by atoms with Crippen molar-refractivity contribution in [3.63, 3.8) is 0 Å². The second kappa shape index (κ2) is 5.23. The fourth-order valence-electron chi connectivity index (χ4n) is 1.63. The minimum atomic E-state index is -1.16. The Hall–Kier alpha value is -1.80. The summed E-state index contributed by atoms with van der Waals surface area (Å²) >= 11 is 0. The van der Waals surface area contributed by atoms with Crippen molar-refractivity contribution in [1.82, 2.24) is 9.55 Å². The number of aromatic nitrogens is 2. The van der Waals surface area contributed by atoms with Crippen molar-refractivity contribution in [2.45, 2.75) is 12.6 Å². The molecule has 0 radical (unpaired) electrons. The minimum absolute atomic E-state index is 0.0489. The summed E-state index contributed by atoms with van der Waals surface area (Å²) in [6.07, 6.45) is 1.90. The second-order valence-electron chi connectivity index (χ2n) is 3.78. The smallest absolute Gasteiger partial charge is 0.341 e. The van der Waals surface area contributed by atoms with Gasteiger partial charge in [0.15, 0.2) is 0 Å². The van der Waals surface area contributed by atoms with Crippen LogP contribution in [0.2, 0.25) is 0 Å². The van der Waals surface area contributed by atoms with Gasteiger partial charge in [-0.3, -0.25) is 4.57 Å². The van der Waals surface area contributed by atoms with E-state index in [0.717, 1.165) is 0 Å². The van der Waals surface area contributed by atoms with Crippen molar-refractivity contribution in [3.8, 4) is 0 Å². The third-order valence-corrected chi connectivity index (χ3v) is 2.53. The zero-order chi connectivity index (χ0) is 13.1. The molecule has 1 aromatic heterocycles. The van der Waals surface area contributed by atoms with Crippen LogP contribution in [0.4, 0.5) is 10.3 Å². The van der Waals surface area contributed by atoms with E-state index in [1.54, 1.807) is 0 Å². The highest BCUT2D eigenvalue weighted by Crippen LogP contribution is 2.16. The van der Waals surface area contributed by atoms with Crippen LogP contribution in [0.3, 0.4) is 0 Å². The summed E-state index contributed by atoms with van der Waals surface area (Å²) < 4.78 is 14.1. The first-order chi connectivity index (χ1) is 8.58. The molecule has 1 aromatic carbocycles. The first kappa shape index (κ1) is 12.7. The molecular formula is C11H12FN3O3. The number of quaternary nitrogens is 1. The molecule has 18 heavy (non-hydrogen) atoms. The Balaban J connectivity index is 2.13. The standard InChI is InChI=1S/C11H12FN3O3/c12-9-3-1-8(2-4-9)10(16)7-14-6-5-13-11(14)15(17)18/h1-6,10,15-17H,7H2. The van der Waals surface area contributed by atoms with Crippen LogP contribution in [0.1, 0.15) is 11.7 Å². The average Bonchev–Trinajstić information content (AvgIpc) is 2.78. The Bertz CT molecular complexity index is 513. The Morgan fingerprint density at radius 2 is 2.06 bits per heavy atom. The molecule has 96 valence electrons. The van der Waals surface area contributed by atoms with Crippen LogP contribution in [0.15, 0.2) is 36.7 Å². The molecule has 0 fully saturated rings. The molecule has 0 saturated heterocycles. The van der Waals surface area contributed by atoms with Crippen molar-refractivity contribution in [2.75, 3.05) is 0 Å². The Kier molecular flexibility index (Phi) is 3.68. The summed E-state index contributed by atoms with van der Waals surface area (Å²) in [7, 11) is 0. The van der Waals surface area contributed by atoms with E-state index in [2.05, 4.69) is 4.98 Å². The summed E-state index contributed by atoms with van der Waals surface area (Å²) in [5.74, 6) is -0.532. The normalized spacial score (nSPS) is 14.4. The van der Waals surface area contributed by atoms with Crippen molar-refractivity contribution >= 4 is 5.95 Å². The lowest BCUT2D eigenvalue weighted by Crippen LogP contribution is -3.00. The maximum Gasteiger partial charge on any atom is 0.341 e. The van der Waals surface area contributed by atoms with Crippen LogP contribution >= 0.6 is 0 Å². The van der Waals surface area contributed by atoms with Gasteiger partial charge in [-0.05, 0) is 17.7 Å². The van der Waals surface area contributed by atoms with Gasteiger partial charge in [0.05, 0.1) is 18.8 Å². The minimum Gasteiger partial charge on any atom is -0.592 e. The monoisotopic (exact) mass is 253 g/mol. The highest BCUT2D eigenvalue weighted by molar-refractivity contribution is 5.19. The lowest BCUT2D eigenvalue weighted by Gasteiger charge is -2.15. The summed E-state index contributed by atoms with van der Waals surface area (Å²) in [4.78, 5) is 3.67. The summed E-state index contributed by atoms with van der Waals surface area (Å²) in [5.41, 5.74) is 0.515. The number of aliphatic hydroxyl groups is 1. The average molecular weight is 253 g/mol. The van der Waals surface area contributed by atoms with E-state index in [4.69, 9.17) is 5.21 Å². The number of imidazole rings is 1. The van der Waals surface area contributed by atoms with Gasteiger partial charge in [0, 0.05) is 6.20 Å². The van der Waals surface area contributed by atoms with Crippen LogP contribution < -0.4 is 5.23 Å². The lowest BCUT2D eigenvalue weighted by atomic mass is 10.1. The van der Waals surface area contributed by atoms with Crippen molar-refractivity contribution in [1.29, 1.82) is 0 Å². The molecule has 6 nitrogen and oxygen atoms in total. The zero-order valence-corrected chi connectivity index (χ0v) is 9.32. The third kappa shape index (κ3) is 2.71. The first-order valence-corrected chi connectivity index (χ1v) is 5.26. The molecule has 0 bridgehead atoms. The van der Waals surface area contributed by atoms with Crippen LogP contribution in [-0.2, 0) is 6.54 Å². The maximum atomic E-state index is 12.7. The molecule has 2 unspecified atom stereocenters. The molecule has 1 heterocycles. The Morgan fingerprint density at radius 1 is 1.39 bits per heavy atom. The van der Waals surface area contributed by atoms with Gasteiger partial charge in [-0.2, -0.15) is 10.2 Å². The van der Waals surface area contributed by atoms with Crippen LogP contribution in [0, 0.1) is 11.0 Å². The van der Waals surface area contributed by atoms with Gasteiger partial charge in [0.25, 0.3) is 0 Å². The molecule has 0 amide bonds. The fraction of sp³-hybridized carbons (Fsp3) is 0.182. The molecule has 3 N–H and O–H groups in total. The van der Waals surface area contributed by atoms with Crippen molar-refractivity contribution < 1.29 is 19.9 Å². The van der Waals surface area contributed by atoms with E-state index in [1.165, 1.54) is 41.2 Å². The maximum absolute atomic E-state index is 12.7. The van der Waals surface area contributed by atoms with E-state index in [1.807, 2.05) is 0 Å². The second-order valence-corrected chi connectivity index (χ2v) is 3.78. The van der Waals surface area contributed by atoms with E-state index >= 15 is 0 Å². The quantitative estimate of drug-likeness (QED) is 0.677. The van der Waals surface area contributed by atoms with E-state index in [-0.39, 0.29) is 18.3 Å². The molecule has 0 aliphatic rings. The first-order valence-electron chi connectivity index (χ1n) is 5.26. The molecule has 2 aromatic rings. The van der Waals surface area contributed by atoms with Gasteiger partial charge in [-0.25, -0.2) is 9.60 Å². The molecule has 0 aliphatic carbocycles. The van der Waals surface area contributed by atoms with Crippen molar-refractivity contribution in [3.05, 3.63) is 53.2 Å². The van der Waals surface area contributed by atoms with Crippen molar-refractivity contribution in [2.24, 2.45) is 0 Å². The number of benzene rings is 1. The predicted molar refractivity (Wildman–Crippen MR) is 59.4 cm³/mol. The summed E-state index contributed by atoms with van der Waals surface area (Å²) in [6, 6.07) is 5.39. The Morgan fingerprint density at radius 3 is 2.67 bits per heavy atom. The van der Waals surface area contributed by atoms with E-state index < -0.39 is 11.3 Å². The molecule has 0 spiro atoms. The number of halogens is 1. The molecule has 7 heteroatoms. The molecule has 2 rings (SSSR count). The lowest BCUT2D eigenvalue weighted by molar-refractivity contribution is -0.996. The predicted octanol–water partition coefficient (Wildman–Crippen LogP) is 0.159. The number of hydrogen-bond donors (Lipinski definition) is 3. The van der Waals surface area contributed by atoms with Gasteiger partial charge < -0.3 is 10.3 Å². The van der Waals surface area contributed by atoms with E-state index in [0.29, 0.717) is 5.56 Å². The molecule has 0 saturated carbocycles. The van der Waals surface area contributed by atoms with Gasteiger partial charge in [-0.1, -0.05) is 12.1 Å². The van der Waals surface area contributed by atoms with Crippen LogP contribution in [0.5, 0.6) is 0 Å². The number of aliphatic hydroxyl groups excluding tert-OH is 1. The Labute approximate surface area is 102 Å². The van der Waals surface area contributed by atoms with Crippen LogP contribution in [0.25, 0.3) is 0 Å². The highest BCUT2D eigenvalue weighted by atomic mass is 19.1. The summed E-state index contributed by atoms with van der Waals surface area (Å²) in [5, 5.41) is 28.5. The van der Waals surface area contributed by atoms with Gasteiger partial charge in [0.2, 0.25) is 0 Å². The zero-order valence-electron chi connectivity index (χ0n) is 9.32. The number of rotatable bonds is 4. The van der Waals surface area contributed by atoms with E-state index in [9.17, 15) is 14.7 Å². The molecule has 2 atom stereocenters. The number of nitrogens with zero attached hydrogens (tertiary/aromatic N) is 2.